The number of amides is 2. The normalized spacial score (nSPS) is 28.2. The van der Waals surface area contributed by atoms with Gasteiger partial charge in [-0.1, -0.05) is 39.0 Å². The van der Waals surface area contributed by atoms with Crippen LogP contribution in [0.1, 0.15) is 58.3 Å². The van der Waals surface area contributed by atoms with Gasteiger partial charge in [0.25, 0.3) is 0 Å². The van der Waals surface area contributed by atoms with Crippen LogP contribution in [0, 0.1) is 0 Å². The predicted molar refractivity (Wildman–Crippen MR) is 66.6 cm³/mol. The van der Waals surface area contributed by atoms with E-state index in [1.807, 2.05) is 0 Å². The molecule has 2 aliphatic rings. The Bertz CT molecular complexity index is 273. The van der Waals surface area contributed by atoms with E-state index in [1.54, 1.807) is 4.90 Å². The lowest BCUT2D eigenvalue weighted by Crippen LogP contribution is -2.49. The molecule has 4 nitrogen and oxygen atoms in total. The average molecular weight is 240 g/mol. The van der Waals surface area contributed by atoms with Crippen molar-refractivity contribution in [2.45, 2.75) is 70.1 Å². The predicted octanol–water partition coefficient (Wildman–Crippen LogP) is 2.22. The van der Waals surface area contributed by atoms with E-state index in [9.17, 15) is 9.90 Å². The van der Waals surface area contributed by atoms with Crippen LogP contribution in [0.25, 0.3) is 0 Å². The van der Waals surface area contributed by atoms with Gasteiger partial charge in [0.05, 0.1) is 5.54 Å². The van der Waals surface area contributed by atoms with Crippen molar-refractivity contribution in [3.05, 3.63) is 0 Å². The molecule has 2 rings (SSSR count). The van der Waals surface area contributed by atoms with Gasteiger partial charge in [-0.25, -0.2) is 4.79 Å². The standard InChI is InChI=1S/C13H24N2O2/c1-2-3-10-15-11(16)13(14-12(15)17)8-6-4-5-7-9-13/h11,16H,2-10H2,1H3,(H,14,17). The van der Waals surface area contributed by atoms with E-state index in [0.717, 1.165) is 38.5 Å². The summed E-state index contributed by atoms with van der Waals surface area (Å²) in [6, 6.07) is -0.0761. The van der Waals surface area contributed by atoms with Gasteiger partial charge >= 0.3 is 6.03 Å². The first-order valence-corrected chi connectivity index (χ1v) is 6.96. The van der Waals surface area contributed by atoms with Crippen LogP contribution >= 0.6 is 0 Å². The van der Waals surface area contributed by atoms with Crippen LogP contribution in [-0.4, -0.2) is 34.3 Å². The van der Waals surface area contributed by atoms with Gasteiger partial charge < -0.3 is 10.4 Å². The van der Waals surface area contributed by atoms with E-state index >= 15 is 0 Å². The molecule has 0 aromatic heterocycles. The topological polar surface area (TPSA) is 52.6 Å². The zero-order valence-corrected chi connectivity index (χ0v) is 10.7. The third-order valence-corrected chi connectivity index (χ3v) is 4.15. The Morgan fingerprint density at radius 1 is 1.35 bits per heavy atom. The number of aliphatic hydroxyl groups excluding tert-OH is 1. The van der Waals surface area contributed by atoms with Crippen molar-refractivity contribution in [3.63, 3.8) is 0 Å². The van der Waals surface area contributed by atoms with E-state index < -0.39 is 6.23 Å². The van der Waals surface area contributed by atoms with Crippen LogP contribution in [0.2, 0.25) is 0 Å². The number of urea groups is 1. The van der Waals surface area contributed by atoms with Gasteiger partial charge in [0.15, 0.2) is 6.23 Å². The molecule has 1 saturated carbocycles. The Kier molecular flexibility index (Phi) is 3.92. The number of aliphatic hydroxyl groups is 1. The monoisotopic (exact) mass is 240 g/mol. The van der Waals surface area contributed by atoms with Gasteiger partial charge in [-0.2, -0.15) is 0 Å². The quantitative estimate of drug-likeness (QED) is 0.794. The maximum absolute atomic E-state index is 11.9. The molecule has 1 unspecified atom stereocenters. The first kappa shape index (κ1) is 12.7. The minimum atomic E-state index is -0.625. The molecule has 0 aromatic carbocycles. The Hall–Kier alpha value is -0.770. The Morgan fingerprint density at radius 2 is 2.00 bits per heavy atom. The fourth-order valence-electron chi connectivity index (χ4n) is 3.05. The highest BCUT2D eigenvalue weighted by Crippen LogP contribution is 2.35. The molecule has 1 aliphatic carbocycles. The first-order chi connectivity index (χ1) is 8.19. The minimum absolute atomic E-state index is 0.0761. The van der Waals surface area contributed by atoms with Crippen molar-refractivity contribution in [2.75, 3.05) is 6.54 Å². The molecule has 0 bridgehead atoms. The number of hydrogen-bond acceptors (Lipinski definition) is 2. The zero-order valence-electron chi connectivity index (χ0n) is 10.7. The Labute approximate surface area is 103 Å². The lowest BCUT2D eigenvalue weighted by molar-refractivity contribution is -0.00480. The van der Waals surface area contributed by atoms with Crippen molar-refractivity contribution in [1.29, 1.82) is 0 Å². The average Bonchev–Trinajstić information content (AvgIpc) is 2.50. The molecule has 2 fully saturated rings. The second-order valence-corrected chi connectivity index (χ2v) is 5.42. The molecule has 1 heterocycles. The molecule has 0 radical (unpaired) electrons. The second-order valence-electron chi connectivity index (χ2n) is 5.42. The number of unbranched alkanes of at least 4 members (excludes halogenated alkanes) is 1. The molecule has 17 heavy (non-hydrogen) atoms. The van der Waals surface area contributed by atoms with Crippen molar-refractivity contribution in [3.8, 4) is 0 Å². The lowest BCUT2D eigenvalue weighted by atomic mass is 9.89. The van der Waals surface area contributed by atoms with Crippen LogP contribution in [0.5, 0.6) is 0 Å². The van der Waals surface area contributed by atoms with E-state index in [-0.39, 0.29) is 11.6 Å². The van der Waals surface area contributed by atoms with E-state index in [1.165, 1.54) is 12.8 Å². The van der Waals surface area contributed by atoms with Crippen molar-refractivity contribution in [1.82, 2.24) is 10.2 Å². The van der Waals surface area contributed by atoms with Crippen LogP contribution in [-0.2, 0) is 0 Å². The molecular weight excluding hydrogens is 216 g/mol. The lowest BCUT2D eigenvalue weighted by Gasteiger charge is -2.32. The largest absolute Gasteiger partial charge is 0.371 e. The van der Waals surface area contributed by atoms with Gasteiger partial charge in [0, 0.05) is 6.54 Å². The van der Waals surface area contributed by atoms with Gasteiger partial charge in [-0.15, -0.1) is 0 Å². The van der Waals surface area contributed by atoms with E-state index in [2.05, 4.69) is 12.2 Å². The Balaban J connectivity index is 2.07. The van der Waals surface area contributed by atoms with Crippen LogP contribution in [0.4, 0.5) is 4.79 Å². The number of nitrogens with zero attached hydrogens (tertiary/aromatic N) is 1. The zero-order chi connectivity index (χ0) is 12.3. The molecular formula is C13H24N2O2. The Morgan fingerprint density at radius 3 is 2.59 bits per heavy atom. The summed E-state index contributed by atoms with van der Waals surface area (Å²) >= 11 is 0. The molecule has 1 aliphatic heterocycles. The summed E-state index contributed by atoms with van der Waals surface area (Å²) in [6.45, 7) is 2.77. The van der Waals surface area contributed by atoms with E-state index in [4.69, 9.17) is 0 Å². The number of carbonyl (C=O) groups excluding carboxylic acids is 1. The fraction of sp³-hybridized carbons (Fsp3) is 0.923. The van der Waals surface area contributed by atoms with Gasteiger partial charge in [-0.05, 0) is 19.3 Å². The molecule has 1 atom stereocenters. The molecule has 98 valence electrons. The summed E-state index contributed by atoms with van der Waals surface area (Å²) in [6.07, 6.45) is 7.88. The van der Waals surface area contributed by atoms with Gasteiger partial charge in [0.1, 0.15) is 0 Å². The third kappa shape index (κ3) is 2.41. The van der Waals surface area contributed by atoms with E-state index in [0.29, 0.717) is 6.54 Å². The molecule has 4 heteroatoms. The van der Waals surface area contributed by atoms with Crippen molar-refractivity contribution < 1.29 is 9.90 Å². The summed E-state index contributed by atoms with van der Waals surface area (Å²) in [5.74, 6) is 0. The minimum Gasteiger partial charge on any atom is -0.371 e. The molecule has 1 saturated heterocycles. The summed E-state index contributed by atoms with van der Waals surface area (Å²) < 4.78 is 0. The van der Waals surface area contributed by atoms with Gasteiger partial charge in [0.2, 0.25) is 0 Å². The molecule has 1 spiro atoms. The van der Waals surface area contributed by atoms with Crippen LogP contribution in [0.15, 0.2) is 0 Å². The van der Waals surface area contributed by atoms with Crippen molar-refractivity contribution in [2.24, 2.45) is 0 Å². The number of nitrogens with one attached hydrogen (secondary N) is 1. The second kappa shape index (κ2) is 5.25. The van der Waals surface area contributed by atoms with Crippen molar-refractivity contribution >= 4 is 6.03 Å². The smallest absolute Gasteiger partial charge is 0.320 e. The highest BCUT2D eigenvalue weighted by Gasteiger charge is 2.49. The molecule has 2 N–H and O–H groups in total. The molecule has 2 amide bonds. The number of carbonyl (C=O) groups is 1. The summed E-state index contributed by atoms with van der Waals surface area (Å²) in [4.78, 5) is 13.6. The summed E-state index contributed by atoms with van der Waals surface area (Å²) in [5.41, 5.74) is -0.360. The summed E-state index contributed by atoms with van der Waals surface area (Å²) in [7, 11) is 0. The highest BCUT2D eigenvalue weighted by molar-refractivity contribution is 5.78. The number of hydrogen-bond donors (Lipinski definition) is 2. The summed E-state index contributed by atoms with van der Waals surface area (Å²) in [5, 5.41) is 13.5. The maximum Gasteiger partial charge on any atom is 0.320 e. The van der Waals surface area contributed by atoms with Crippen LogP contribution < -0.4 is 5.32 Å². The van der Waals surface area contributed by atoms with Crippen LogP contribution in [0.3, 0.4) is 0 Å². The maximum atomic E-state index is 11.9. The highest BCUT2D eigenvalue weighted by atomic mass is 16.3. The van der Waals surface area contributed by atoms with Gasteiger partial charge in [-0.3, -0.25) is 4.90 Å². The number of rotatable bonds is 3. The SMILES string of the molecule is CCCCN1C(=O)NC2(CCCCCC2)C1O. The molecule has 0 aromatic rings. The third-order valence-electron chi connectivity index (χ3n) is 4.15. The first-order valence-electron chi connectivity index (χ1n) is 6.96. The fourth-order valence-corrected chi connectivity index (χ4v) is 3.05.